The van der Waals surface area contributed by atoms with E-state index in [1.54, 1.807) is 40.0 Å². The van der Waals surface area contributed by atoms with Crippen molar-refractivity contribution in [1.29, 1.82) is 0 Å². The van der Waals surface area contributed by atoms with E-state index in [0.717, 1.165) is 10.9 Å². The van der Waals surface area contributed by atoms with E-state index in [2.05, 4.69) is 15.9 Å². The average molecular weight is 545 g/mol. The van der Waals surface area contributed by atoms with Crippen LogP contribution in [0.5, 0.6) is 0 Å². The van der Waals surface area contributed by atoms with Crippen LogP contribution in [-0.4, -0.2) is 48.9 Å². The van der Waals surface area contributed by atoms with Gasteiger partial charge in [-0.1, -0.05) is 29.8 Å². The van der Waals surface area contributed by atoms with Gasteiger partial charge in [0.1, 0.15) is 5.60 Å². The second-order valence-electron chi connectivity index (χ2n) is 9.93. The lowest BCUT2D eigenvalue weighted by atomic mass is 9.88. The Labute approximate surface area is 205 Å². The van der Waals surface area contributed by atoms with Crippen molar-refractivity contribution in [2.75, 3.05) is 12.4 Å². The van der Waals surface area contributed by atoms with Gasteiger partial charge >= 0.3 is 12.1 Å². The van der Waals surface area contributed by atoms with E-state index in [0.29, 0.717) is 28.6 Å². The van der Waals surface area contributed by atoms with Gasteiger partial charge in [0.15, 0.2) is 0 Å². The fourth-order valence-electron chi connectivity index (χ4n) is 4.51. The number of halogens is 1. The number of ether oxygens (including phenoxy) is 2. The molecule has 0 bridgehead atoms. The molecule has 0 amide bonds. The zero-order chi connectivity index (χ0) is 24.7. The molecule has 7 nitrogen and oxygen atoms in total. The van der Waals surface area contributed by atoms with E-state index in [9.17, 15) is 18.7 Å². The first-order chi connectivity index (χ1) is 15.2. The number of esters is 1. The van der Waals surface area contributed by atoms with Crippen molar-refractivity contribution < 1.29 is 28.2 Å². The van der Waals surface area contributed by atoms with Gasteiger partial charge < -0.3 is 9.47 Å². The number of carbonyl (C=O) groups is 2. The summed E-state index contributed by atoms with van der Waals surface area (Å²) in [5, 5.41) is 0.525. The average Bonchev–Trinajstić information content (AvgIpc) is 3.05. The van der Waals surface area contributed by atoms with Crippen molar-refractivity contribution in [2.45, 2.75) is 71.2 Å². The Kier molecular flexibility index (Phi) is 7.58. The molecule has 1 aliphatic heterocycles. The summed E-state index contributed by atoms with van der Waals surface area (Å²) in [6.45, 7) is 11.3. The number of nitrogens with zero attached hydrogens (tertiary/aromatic N) is 1. The minimum absolute atomic E-state index is 0.00728. The Morgan fingerprint density at radius 3 is 2.52 bits per heavy atom. The molecule has 0 saturated carbocycles. The summed E-state index contributed by atoms with van der Waals surface area (Å²) in [6, 6.07) is 3.55. The van der Waals surface area contributed by atoms with Gasteiger partial charge in [-0.2, -0.15) is 10.6 Å². The molecule has 1 aromatic heterocycles. The van der Waals surface area contributed by atoms with Gasteiger partial charge in [0.05, 0.1) is 22.9 Å². The second-order valence-corrected chi connectivity index (χ2v) is 13.3. The first-order valence-electron chi connectivity index (χ1n) is 11.2. The van der Waals surface area contributed by atoms with Gasteiger partial charge in [0.25, 0.3) is 0 Å². The smallest absolute Gasteiger partial charge is 0.419 e. The molecule has 2 unspecified atom stereocenters. The molecule has 2 N–H and O–H groups in total. The minimum atomic E-state index is -2.67. The van der Waals surface area contributed by atoms with Gasteiger partial charge in [-0.15, -0.1) is 0 Å². The highest BCUT2D eigenvalue weighted by Gasteiger charge is 2.38. The highest BCUT2D eigenvalue weighted by molar-refractivity contribution is 9.10. The van der Waals surface area contributed by atoms with Crippen LogP contribution in [-0.2, 0) is 9.47 Å². The van der Waals surface area contributed by atoms with Crippen LogP contribution in [0.15, 0.2) is 22.8 Å². The maximum atomic E-state index is 13.2. The van der Waals surface area contributed by atoms with Gasteiger partial charge in [-0.25, -0.2) is 9.59 Å². The zero-order valence-corrected chi connectivity index (χ0v) is 22.5. The van der Waals surface area contributed by atoms with Crippen molar-refractivity contribution >= 4 is 49.5 Å². The molecule has 33 heavy (non-hydrogen) atoms. The first-order valence-corrected chi connectivity index (χ1v) is 13.8. The lowest BCUT2D eigenvalue weighted by Crippen LogP contribution is -2.32. The van der Waals surface area contributed by atoms with Crippen LogP contribution < -0.4 is 0 Å². The molecule has 1 fully saturated rings. The van der Waals surface area contributed by atoms with E-state index in [-0.39, 0.29) is 29.3 Å². The summed E-state index contributed by atoms with van der Waals surface area (Å²) < 4.78 is 34.2. The van der Waals surface area contributed by atoms with E-state index >= 15 is 0 Å². The molecule has 0 radical (unpaired) electrons. The van der Waals surface area contributed by atoms with Crippen molar-refractivity contribution in [3.8, 4) is 0 Å². The molecule has 184 valence electrons. The molecule has 1 saturated heterocycles. The van der Waals surface area contributed by atoms with Crippen molar-refractivity contribution in [3.05, 3.63) is 33.9 Å². The molecule has 9 heteroatoms. The predicted molar refractivity (Wildman–Crippen MR) is 136 cm³/mol. The molecule has 0 spiro atoms. The quantitative estimate of drug-likeness (QED) is 0.402. The van der Waals surface area contributed by atoms with Crippen LogP contribution in [0.1, 0.15) is 76.2 Å². The maximum absolute atomic E-state index is 13.2. The zero-order valence-electron chi connectivity index (χ0n) is 20.1. The number of rotatable bonds is 4. The van der Waals surface area contributed by atoms with Gasteiger partial charge in [0.2, 0.25) is 0 Å². The highest BCUT2D eigenvalue weighted by atomic mass is 79.9. The number of aromatic nitrogens is 1. The molecule has 1 aliphatic rings. The van der Waals surface area contributed by atoms with Crippen LogP contribution in [0.4, 0.5) is 4.79 Å². The van der Waals surface area contributed by atoms with E-state index in [4.69, 9.17) is 9.47 Å². The fraction of sp³-hybridized carbons (Fsp3) is 0.583. The monoisotopic (exact) mass is 543 g/mol. The number of benzene rings is 1. The third-order valence-electron chi connectivity index (χ3n) is 5.93. The Balaban J connectivity index is 2.20. The van der Waals surface area contributed by atoms with Crippen LogP contribution in [0.2, 0.25) is 0 Å². The van der Waals surface area contributed by atoms with Gasteiger partial charge in [-0.3, -0.25) is 13.7 Å². The van der Waals surface area contributed by atoms with E-state index < -0.39 is 28.3 Å². The first kappa shape index (κ1) is 26.1. The van der Waals surface area contributed by atoms with Crippen LogP contribution in [0.3, 0.4) is 0 Å². The highest BCUT2D eigenvalue weighted by Crippen LogP contribution is 2.57. The van der Waals surface area contributed by atoms with Crippen molar-refractivity contribution in [3.63, 3.8) is 0 Å². The molecule has 1 aromatic carbocycles. The second kappa shape index (κ2) is 9.60. The summed E-state index contributed by atoms with van der Waals surface area (Å²) in [4.78, 5) is 26.0. The molecule has 0 aliphatic carbocycles. The van der Waals surface area contributed by atoms with Crippen molar-refractivity contribution in [2.24, 2.45) is 5.92 Å². The molecule has 2 heterocycles. The van der Waals surface area contributed by atoms with E-state index in [1.807, 2.05) is 19.9 Å². The molecule has 3 rings (SSSR count). The van der Waals surface area contributed by atoms with Crippen LogP contribution in [0.25, 0.3) is 10.9 Å². The van der Waals surface area contributed by atoms with Crippen LogP contribution >= 0.6 is 26.5 Å². The Hall–Kier alpha value is -1.55. The third kappa shape index (κ3) is 5.58. The number of fused-ring (bicyclic) bond motifs is 1. The summed E-state index contributed by atoms with van der Waals surface area (Å²) in [7, 11) is -2.67. The predicted octanol–water partition coefficient (Wildman–Crippen LogP) is 7.02. The summed E-state index contributed by atoms with van der Waals surface area (Å²) in [5.41, 5.74) is 0.902. The summed E-state index contributed by atoms with van der Waals surface area (Å²) >= 11 is 3.50. The molecule has 2 aromatic rings. The maximum Gasteiger partial charge on any atom is 0.419 e. The Morgan fingerprint density at radius 1 is 1.27 bits per heavy atom. The third-order valence-corrected chi connectivity index (χ3v) is 8.93. The van der Waals surface area contributed by atoms with Crippen LogP contribution in [0, 0.1) is 5.92 Å². The fourth-order valence-corrected chi connectivity index (χ4v) is 7.31. The number of hydrogen-bond acceptors (Lipinski definition) is 6. The van der Waals surface area contributed by atoms with E-state index in [1.165, 1.54) is 4.57 Å². The normalized spacial score (nSPS) is 21.8. The lowest BCUT2D eigenvalue weighted by molar-refractivity contribution is 0.0527. The Bertz CT molecular complexity index is 1060. The largest absolute Gasteiger partial charge is 0.462 e. The molecular formula is C24H34BrNO6S. The summed E-state index contributed by atoms with van der Waals surface area (Å²) in [6.07, 6.45) is 2.34. The van der Waals surface area contributed by atoms with Gasteiger partial charge in [0, 0.05) is 21.8 Å². The van der Waals surface area contributed by atoms with Gasteiger partial charge in [-0.05, 0) is 70.1 Å². The molecule has 2 atom stereocenters. The standard InChI is InChI=1S/C24H34BrNO6S/c1-7-31-22(27)18-12-16(25)11-17-19(13-26(21(17)18)23(28)32-24(4,5)6)15-8-9-33(29,30)20(10-15)14(2)3/h11-15,20,29-30H,7-10H2,1-6H3. The topological polar surface area (TPSA) is 98.0 Å². The Morgan fingerprint density at radius 2 is 1.94 bits per heavy atom. The summed E-state index contributed by atoms with van der Waals surface area (Å²) in [5.74, 6) is -0.0823. The minimum Gasteiger partial charge on any atom is -0.462 e. The lowest BCUT2D eigenvalue weighted by Gasteiger charge is -2.48. The van der Waals surface area contributed by atoms with Crippen molar-refractivity contribution in [1.82, 2.24) is 4.57 Å². The number of hydrogen-bond donors (Lipinski definition) is 2. The number of carbonyl (C=O) groups excluding carboxylic acids is 2. The SMILES string of the molecule is CCOC(=O)c1cc(Br)cc2c(C3CCS(O)(O)C(C(C)C)C3)cn(C(=O)OC(C)(C)C)c12. The molecular weight excluding hydrogens is 510 g/mol.